The highest BCUT2D eigenvalue weighted by Crippen LogP contribution is 2.27. The topological polar surface area (TPSA) is 58.4 Å². The van der Waals surface area contributed by atoms with E-state index in [1.807, 2.05) is 18.3 Å². The highest BCUT2D eigenvalue weighted by atomic mass is 35.5. The minimum absolute atomic E-state index is 0.326. The number of hydrogen-bond donors (Lipinski definition) is 1. The lowest BCUT2D eigenvalue weighted by molar-refractivity contribution is 0.221. The highest BCUT2D eigenvalue weighted by molar-refractivity contribution is 6.31. The van der Waals surface area contributed by atoms with E-state index in [1.54, 1.807) is 12.1 Å². The first-order chi connectivity index (χ1) is 15.1. The largest absolute Gasteiger partial charge is 0.423 e. The van der Waals surface area contributed by atoms with E-state index < -0.39 is 0 Å². The summed E-state index contributed by atoms with van der Waals surface area (Å²) in [6.45, 7) is 3.12. The van der Waals surface area contributed by atoms with Crippen LogP contribution in [0.2, 0.25) is 5.02 Å². The molecule has 5 nitrogen and oxygen atoms in total. The monoisotopic (exact) mass is 433 g/mol. The van der Waals surface area contributed by atoms with Gasteiger partial charge in [0.25, 0.3) is 0 Å². The number of likely N-dealkylation sites (tertiary alicyclic amines) is 1. The second kappa shape index (κ2) is 8.69. The summed E-state index contributed by atoms with van der Waals surface area (Å²) in [5.41, 5.74) is 3.40. The molecule has 31 heavy (non-hydrogen) atoms. The van der Waals surface area contributed by atoms with E-state index in [0.29, 0.717) is 16.6 Å². The van der Waals surface area contributed by atoms with Gasteiger partial charge < -0.3 is 14.6 Å². The molecule has 4 aromatic rings. The Morgan fingerprint density at radius 1 is 1.10 bits per heavy atom. The van der Waals surface area contributed by atoms with Gasteiger partial charge in [-0.2, -0.15) is 0 Å². The predicted octanol–water partition coefficient (Wildman–Crippen LogP) is 5.11. The predicted molar refractivity (Wildman–Crippen MR) is 126 cm³/mol. The molecule has 1 aliphatic rings. The molecule has 2 aromatic heterocycles. The lowest BCUT2D eigenvalue weighted by atomic mass is 10.0. The van der Waals surface area contributed by atoms with Gasteiger partial charge in [-0.05, 0) is 61.2 Å². The smallest absolute Gasteiger partial charge is 0.338 e. The first kappa shape index (κ1) is 20.0. The molecule has 1 fully saturated rings. The number of nitrogens with zero attached hydrogens (tertiary/aromatic N) is 2. The number of benzene rings is 2. The molecule has 5 rings (SSSR count). The Hall–Kier alpha value is -2.89. The van der Waals surface area contributed by atoms with Crippen molar-refractivity contribution in [1.29, 1.82) is 0 Å². The molecule has 6 heteroatoms. The maximum absolute atomic E-state index is 11.9. The minimum Gasteiger partial charge on any atom is -0.423 e. The van der Waals surface area contributed by atoms with E-state index in [9.17, 15) is 4.79 Å². The summed E-state index contributed by atoms with van der Waals surface area (Å²) in [5, 5.41) is 6.23. The van der Waals surface area contributed by atoms with E-state index in [2.05, 4.69) is 39.5 Å². The quantitative estimate of drug-likeness (QED) is 0.443. The fourth-order valence-corrected chi connectivity index (χ4v) is 4.52. The van der Waals surface area contributed by atoms with Crippen molar-refractivity contribution in [2.45, 2.75) is 25.3 Å². The Morgan fingerprint density at radius 3 is 2.84 bits per heavy atom. The number of aromatic nitrogens is 1. The van der Waals surface area contributed by atoms with Crippen LogP contribution in [-0.4, -0.2) is 35.6 Å². The average Bonchev–Trinajstić information content (AvgIpc) is 2.79. The van der Waals surface area contributed by atoms with E-state index in [1.165, 1.54) is 17.0 Å². The highest BCUT2D eigenvalue weighted by Gasteiger charge is 2.20. The zero-order valence-electron chi connectivity index (χ0n) is 17.2. The second-order valence-electron chi connectivity index (χ2n) is 8.16. The Kier molecular flexibility index (Phi) is 5.62. The standard InChI is InChI=1S/C25H24ClN3O2/c26-19-4-6-24-21(15-19)23(16-25(30)31-24)28-20-8-12-29(13-9-20)11-7-17-3-5-22-18(14-17)2-1-10-27-22/h1-6,10,14-16,20,28H,7-9,11-13H2. The maximum Gasteiger partial charge on any atom is 0.338 e. The van der Waals surface area contributed by atoms with Gasteiger partial charge in [-0.3, -0.25) is 4.98 Å². The van der Waals surface area contributed by atoms with Crippen LogP contribution in [0, 0.1) is 0 Å². The van der Waals surface area contributed by atoms with Crippen LogP contribution < -0.4 is 10.9 Å². The molecule has 1 aliphatic heterocycles. The van der Waals surface area contributed by atoms with Crippen molar-refractivity contribution in [3.63, 3.8) is 0 Å². The van der Waals surface area contributed by atoms with Gasteiger partial charge in [-0.1, -0.05) is 23.7 Å². The molecular weight excluding hydrogens is 410 g/mol. The lowest BCUT2D eigenvalue weighted by Gasteiger charge is -2.33. The number of pyridine rings is 1. The zero-order valence-corrected chi connectivity index (χ0v) is 17.9. The third kappa shape index (κ3) is 4.58. The summed E-state index contributed by atoms with van der Waals surface area (Å²) in [6, 6.07) is 17.8. The molecule has 1 N–H and O–H groups in total. The van der Waals surface area contributed by atoms with Crippen molar-refractivity contribution in [3.05, 3.63) is 81.8 Å². The molecular formula is C25H24ClN3O2. The van der Waals surface area contributed by atoms with Crippen LogP contribution in [0.1, 0.15) is 18.4 Å². The second-order valence-corrected chi connectivity index (χ2v) is 8.60. The van der Waals surface area contributed by atoms with Crippen molar-refractivity contribution < 1.29 is 4.42 Å². The molecule has 2 aromatic carbocycles. The van der Waals surface area contributed by atoms with Crippen LogP contribution in [-0.2, 0) is 6.42 Å². The van der Waals surface area contributed by atoms with Gasteiger partial charge >= 0.3 is 5.63 Å². The molecule has 0 aliphatic carbocycles. The molecule has 0 saturated carbocycles. The van der Waals surface area contributed by atoms with Crippen molar-refractivity contribution >= 4 is 39.2 Å². The number of fused-ring (bicyclic) bond motifs is 2. The molecule has 3 heterocycles. The van der Waals surface area contributed by atoms with Crippen LogP contribution in [0.15, 0.2) is 70.0 Å². The van der Waals surface area contributed by atoms with Gasteiger partial charge in [0, 0.05) is 53.7 Å². The molecule has 158 valence electrons. The number of anilines is 1. The Labute approximate surface area is 185 Å². The summed E-state index contributed by atoms with van der Waals surface area (Å²) in [4.78, 5) is 18.8. The first-order valence-corrected chi connectivity index (χ1v) is 11.1. The molecule has 0 amide bonds. The molecule has 0 radical (unpaired) electrons. The van der Waals surface area contributed by atoms with Crippen molar-refractivity contribution in [3.8, 4) is 0 Å². The number of hydrogen-bond acceptors (Lipinski definition) is 5. The van der Waals surface area contributed by atoms with Crippen LogP contribution in [0.4, 0.5) is 5.69 Å². The maximum atomic E-state index is 11.9. The van der Waals surface area contributed by atoms with E-state index >= 15 is 0 Å². The van der Waals surface area contributed by atoms with Crippen LogP contribution >= 0.6 is 11.6 Å². The van der Waals surface area contributed by atoms with Gasteiger partial charge in [0.15, 0.2) is 0 Å². The summed E-state index contributed by atoms with van der Waals surface area (Å²) in [5.74, 6) is 0. The third-order valence-corrected chi connectivity index (χ3v) is 6.27. The molecule has 0 atom stereocenters. The Bertz CT molecular complexity index is 1280. The van der Waals surface area contributed by atoms with Crippen molar-refractivity contribution in [1.82, 2.24) is 9.88 Å². The molecule has 1 saturated heterocycles. The van der Waals surface area contributed by atoms with Gasteiger partial charge in [-0.15, -0.1) is 0 Å². The number of piperidine rings is 1. The van der Waals surface area contributed by atoms with Crippen molar-refractivity contribution in [2.75, 3.05) is 25.0 Å². The summed E-state index contributed by atoms with van der Waals surface area (Å²) >= 11 is 6.15. The number of rotatable bonds is 5. The molecule has 0 bridgehead atoms. The van der Waals surface area contributed by atoms with Crippen molar-refractivity contribution in [2.24, 2.45) is 0 Å². The van der Waals surface area contributed by atoms with Gasteiger partial charge in [-0.25, -0.2) is 4.79 Å². The SMILES string of the molecule is O=c1cc(NC2CCN(CCc3ccc4ncccc4c3)CC2)c2cc(Cl)ccc2o1. The fourth-order valence-electron chi connectivity index (χ4n) is 4.34. The van der Waals surface area contributed by atoms with Crippen LogP contribution in [0.5, 0.6) is 0 Å². The molecule has 0 unspecified atom stereocenters. The zero-order chi connectivity index (χ0) is 21.2. The molecule has 0 spiro atoms. The van der Waals surface area contributed by atoms with E-state index in [0.717, 1.165) is 55.5 Å². The van der Waals surface area contributed by atoms with Crippen LogP contribution in [0.25, 0.3) is 21.9 Å². The van der Waals surface area contributed by atoms with Gasteiger partial charge in [0.05, 0.1) is 11.2 Å². The fraction of sp³-hybridized carbons (Fsp3) is 0.280. The Balaban J connectivity index is 1.19. The minimum atomic E-state index is -0.347. The van der Waals surface area contributed by atoms with Gasteiger partial charge in [0.2, 0.25) is 0 Å². The summed E-state index contributed by atoms with van der Waals surface area (Å²) < 4.78 is 5.30. The van der Waals surface area contributed by atoms with E-state index in [-0.39, 0.29) is 5.63 Å². The van der Waals surface area contributed by atoms with Gasteiger partial charge in [0.1, 0.15) is 5.58 Å². The lowest BCUT2D eigenvalue weighted by Crippen LogP contribution is -2.40. The normalized spacial score (nSPS) is 15.5. The number of nitrogens with one attached hydrogen (secondary N) is 1. The number of halogens is 1. The summed E-state index contributed by atoms with van der Waals surface area (Å²) in [7, 11) is 0. The average molecular weight is 434 g/mol. The van der Waals surface area contributed by atoms with E-state index in [4.69, 9.17) is 16.0 Å². The third-order valence-electron chi connectivity index (χ3n) is 6.04. The summed E-state index contributed by atoms with van der Waals surface area (Å²) in [6.07, 6.45) is 4.93. The van der Waals surface area contributed by atoms with Crippen LogP contribution in [0.3, 0.4) is 0 Å². The Morgan fingerprint density at radius 2 is 1.97 bits per heavy atom. The first-order valence-electron chi connectivity index (χ1n) is 10.7.